The predicted octanol–water partition coefficient (Wildman–Crippen LogP) is 5.87. The van der Waals surface area contributed by atoms with Crippen molar-refractivity contribution in [2.45, 2.75) is 37.5 Å². The van der Waals surface area contributed by atoms with E-state index in [0.29, 0.717) is 22.5 Å². The maximum atomic E-state index is 13.8. The number of sulfonamides is 1. The predicted molar refractivity (Wildman–Crippen MR) is 150 cm³/mol. The smallest absolute Gasteiger partial charge is 0.355 e. The molecule has 1 N–H and O–H groups in total. The minimum absolute atomic E-state index is 0.0653. The topological polar surface area (TPSA) is 86.8 Å². The minimum Gasteiger partial charge on any atom is -0.355 e. The molecule has 0 saturated heterocycles. The molecule has 40 heavy (non-hydrogen) atoms. The molecule has 0 saturated carbocycles. The van der Waals surface area contributed by atoms with Gasteiger partial charge in [0, 0.05) is 17.6 Å². The van der Waals surface area contributed by atoms with Crippen molar-refractivity contribution >= 4 is 55.1 Å². The van der Waals surface area contributed by atoms with E-state index in [1.807, 2.05) is 0 Å². The Kier molecular flexibility index (Phi) is 10.3. The number of hydrogen-bond acceptors (Lipinski definition) is 4. The zero-order valence-electron chi connectivity index (χ0n) is 21.5. The van der Waals surface area contributed by atoms with Gasteiger partial charge in [0.15, 0.2) is 0 Å². The van der Waals surface area contributed by atoms with Gasteiger partial charge in [-0.1, -0.05) is 57.9 Å². The third-order valence-corrected chi connectivity index (χ3v) is 8.52. The Morgan fingerprint density at radius 3 is 2.30 bits per heavy atom. The number of carbonyl (C=O) groups excluding carboxylic acids is 2. The molecule has 0 heterocycles. The van der Waals surface area contributed by atoms with Crippen molar-refractivity contribution in [3.63, 3.8) is 0 Å². The lowest BCUT2D eigenvalue weighted by Gasteiger charge is -2.32. The van der Waals surface area contributed by atoms with Crippen LogP contribution in [0.3, 0.4) is 0 Å². The van der Waals surface area contributed by atoms with Crippen LogP contribution in [0.1, 0.15) is 25.0 Å². The summed E-state index contributed by atoms with van der Waals surface area (Å²) in [6.45, 7) is 2.54. The highest BCUT2D eigenvalue weighted by atomic mass is 79.9. The molecule has 3 aromatic carbocycles. The normalized spacial score (nSPS) is 12.5. The van der Waals surface area contributed by atoms with E-state index in [9.17, 15) is 31.2 Å². The summed E-state index contributed by atoms with van der Waals surface area (Å²) in [6.07, 6.45) is -4.88. The Hall–Kier alpha value is -3.09. The molecule has 214 valence electrons. The average Bonchev–Trinajstić information content (AvgIpc) is 2.90. The molecule has 0 radical (unpaired) electrons. The summed E-state index contributed by atoms with van der Waals surface area (Å²) in [5.74, 6) is -1.28. The van der Waals surface area contributed by atoms with Crippen molar-refractivity contribution in [1.29, 1.82) is 0 Å². The first-order valence-corrected chi connectivity index (χ1v) is 14.6. The van der Waals surface area contributed by atoms with E-state index < -0.39 is 56.9 Å². The van der Waals surface area contributed by atoms with Crippen LogP contribution in [-0.4, -0.2) is 44.3 Å². The van der Waals surface area contributed by atoms with Gasteiger partial charge in [0.2, 0.25) is 11.8 Å². The fourth-order valence-corrected chi connectivity index (χ4v) is 5.97. The molecule has 0 bridgehead atoms. The van der Waals surface area contributed by atoms with E-state index >= 15 is 0 Å². The molecule has 0 aliphatic carbocycles. The first-order chi connectivity index (χ1) is 18.8. The Morgan fingerprint density at radius 1 is 1.02 bits per heavy atom. The molecule has 1 atom stereocenters. The maximum Gasteiger partial charge on any atom is 0.417 e. The second-order valence-corrected chi connectivity index (χ2v) is 11.9. The van der Waals surface area contributed by atoms with E-state index in [2.05, 4.69) is 21.2 Å². The van der Waals surface area contributed by atoms with Crippen molar-refractivity contribution in [3.8, 4) is 0 Å². The van der Waals surface area contributed by atoms with Gasteiger partial charge in [0.1, 0.15) is 12.6 Å². The van der Waals surface area contributed by atoms with Crippen molar-refractivity contribution in [3.05, 3.63) is 93.4 Å². The van der Waals surface area contributed by atoms with Gasteiger partial charge in [0.25, 0.3) is 10.0 Å². The molecule has 0 aliphatic rings. The highest BCUT2D eigenvalue weighted by molar-refractivity contribution is 9.10. The average molecular weight is 661 g/mol. The lowest BCUT2D eigenvalue weighted by molar-refractivity contribution is -0.139. The second kappa shape index (κ2) is 13.0. The van der Waals surface area contributed by atoms with Crippen LogP contribution < -0.4 is 9.62 Å². The molecule has 3 aromatic rings. The molecule has 3 rings (SSSR count). The molecule has 0 fully saturated rings. The molecular formula is C27H26BrClF3N3O4S. The standard InChI is InChI=1S/C27H26BrClF3N3O4S/c1-3-33-26(37)18(2)34(16-19-8-7-9-20(28)14-19)25(36)17-35(40(38,39)22-10-5-4-6-11-22)21-12-13-24(29)23(15-21)27(30,31)32/h4-15,18H,3,16-17H2,1-2H3,(H,33,37). The fraction of sp³-hybridized carbons (Fsp3) is 0.259. The largest absolute Gasteiger partial charge is 0.417 e. The number of likely N-dealkylation sites (N-methyl/N-ethyl adjacent to an activating group) is 1. The molecule has 0 spiro atoms. The number of halogens is 5. The Bertz CT molecular complexity index is 1470. The van der Waals surface area contributed by atoms with Gasteiger partial charge in [-0.15, -0.1) is 0 Å². The summed E-state index contributed by atoms with van der Waals surface area (Å²) in [4.78, 5) is 27.4. The van der Waals surface area contributed by atoms with Crippen LogP contribution in [-0.2, 0) is 32.3 Å². The van der Waals surface area contributed by atoms with Crippen LogP contribution in [0.4, 0.5) is 18.9 Å². The molecule has 2 amide bonds. The molecule has 7 nitrogen and oxygen atoms in total. The second-order valence-electron chi connectivity index (χ2n) is 8.71. The Labute approximate surface area is 244 Å². The van der Waals surface area contributed by atoms with Gasteiger partial charge in [-0.05, 0) is 61.9 Å². The third-order valence-electron chi connectivity index (χ3n) is 5.91. The summed E-state index contributed by atoms with van der Waals surface area (Å²) in [5, 5.41) is 2.01. The summed E-state index contributed by atoms with van der Waals surface area (Å²) in [6, 6.07) is 15.6. The van der Waals surface area contributed by atoms with E-state index in [1.165, 1.54) is 36.1 Å². The van der Waals surface area contributed by atoms with E-state index in [0.717, 1.165) is 16.6 Å². The van der Waals surface area contributed by atoms with E-state index in [-0.39, 0.29) is 11.4 Å². The number of nitrogens with zero attached hydrogens (tertiary/aromatic N) is 2. The summed E-state index contributed by atoms with van der Waals surface area (Å²) < 4.78 is 69.7. The maximum absolute atomic E-state index is 13.8. The van der Waals surface area contributed by atoms with Crippen molar-refractivity contribution in [1.82, 2.24) is 10.2 Å². The van der Waals surface area contributed by atoms with Crippen LogP contribution in [0.15, 0.2) is 82.2 Å². The Balaban J connectivity index is 2.11. The highest BCUT2D eigenvalue weighted by Crippen LogP contribution is 2.38. The third kappa shape index (κ3) is 7.55. The van der Waals surface area contributed by atoms with Gasteiger partial charge < -0.3 is 10.2 Å². The number of anilines is 1. The zero-order valence-corrected chi connectivity index (χ0v) is 24.6. The molecule has 13 heteroatoms. The van der Waals surface area contributed by atoms with Gasteiger partial charge in [-0.2, -0.15) is 13.2 Å². The van der Waals surface area contributed by atoms with Gasteiger partial charge in [-0.3, -0.25) is 13.9 Å². The van der Waals surface area contributed by atoms with Crippen LogP contribution in [0.25, 0.3) is 0 Å². The van der Waals surface area contributed by atoms with Crippen molar-refractivity contribution in [2.24, 2.45) is 0 Å². The number of benzene rings is 3. The van der Waals surface area contributed by atoms with Gasteiger partial charge >= 0.3 is 6.18 Å². The van der Waals surface area contributed by atoms with Crippen molar-refractivity contribution < 1.29 is 31.2 Å². The summed E-state index contributed by atoms with van der Waals surface area (Å²) in [5.41, 5.74) is -1.03. The summed E-state index contributed by atoms with van der Waals surface area (Å²) >= 11 is 9.13. The van der Waals surface area contributed by atoms with E-state index in [4.69, 9.17) is 11.6 Å². The first-order valence-electron chi connectivity index (χ1n) is 12.0. The first kappa shape index (κ1) is 31.4. The lowest BCUT2D eigenvalue weighted by Crippen LogP contribution is -2.51. The fourth-order valence-electron chi connectivity index (χ4n) is 3.87. The van der Waals surface area contributed by atoms with Crippen LogP contribution in [0, 0.1) is 0 Å². The molecule has 0 aliphatic heterocycles. The molecule has 1 unspecified atom stereocenters. The van der Waals surface area contributed by atoms with Crippen LogP contribution in [0.5, 0.6) is 0 Å². The molecular weight excluding hydrogens is 635 g/mol. The van der Waals surface area contributed by atoms with Crippen LogP contribution >= 0.6 is 27.5 Å². The van der Waals surface area contributed by atoms with Crippen molar-refractivity contribution in [2.75, 3.05) is 17.4 Å². The number of rotatable bonds is 10. The molecule has 0 aromatic heterocycles. The summed E-state index contributed by atoms with van der Waals surface area (Å²) in [7, 11) is -4.53. The number of nitrogens with one attached hydrogen (secondary N) is 1. The Morgan fingerprint density at radius 2 is 1.70 bits per heavy atom. The quantitative estimate of drug-likeness (QED) is 0.295. The van der Waals surface area contributed by atoms with Gasteiger partial charge in [-0.25, -0.2) is 8.42 Å². The number of alkyl halides is 3. The number of carbonyl (C=O) groups is 2. The van der Waals surface area contributed by atoms with E-state index in [1.54, 1.807) is 37.3 Å². The monoisotopic (exact) mass is 659 g/mol. The number of hydrogen-bond donors (Lipinski definition) is 1. The minimum atomic E-state index is -4.88. The number of amides is 2. The van der Waals surface area contributed by atoms with Crippen LogP contribution in [0.2, 0.25) is 5.02 Å². The zero-order chi connectivity index (χ0) is 29.7. The van der Waals surface area contributed by atoms with Gasteiger partial charge in [0.05, 0.1) is 21.2 Å². The SMILES string of the molecule is CCNC(=O)C(C)N(Cc1cccc(Br)c1)C(=O)CN(c1ccc(Cl)c(C(F)(F)F)c1)S(=O)(=O)c1ccccc1. The lowest BCUT2D eigenvalue weighted by atomic mass is 10.1. The highest BCUT2D eigenvalue weighted by Gasteiger charge is 2.36.